The summed E-state index contributed by atoms with van der Waals surface area (Å²) in [6.45, 7) is 3.66. The van der Waals surface area contributed by atoms with E-state index in [2.05, 4.69) is 5.32 Å². The number of anilines is 1. The molecule has 2 heterocycles. The summed E-state index contributed by atoms with van der Waals surface area (Å²) < 4.78 is 27.5. The van der Waals surface area contributed by atoms with Crippen molar-refractivity contribution < 1.29 is 13.6 Å². The fourth-order valence-electron chi connectivity index (χ4n) is 4.44. The minimum absolute atomic E-state index is 0.145. The van der Waals surface area contributed by atoms with Gasteiger partial charge in [-0.25, -0.2) is 23.5 Å². The standard InChI is InChI=1S/C29H26F2N4O/c1-19-9-6-7-14-23(19)26-24-18-35(28(36)32-22-13-8-12-21(17-22)29(2,30)31)16-15-25(24)33-27(34-26)20-10-4-3-5-11-20/h3-14,17H,15-16,18H2,1-2H3,(H,32,36). The molecule has 0 radical (unpaired) electrons. The molecule has 7 heteroatoms. The van der Waals surface area contributed by atoms with E-state index in [1.807, 2.05) is 61.5 Å². The highest BCUT2D eigenvalue weighted by Gasteiger charge is 2.28. The minimum atomic E-state index is -2.99. The zero-order valence-corrected chi connectivity index (χ0v) is 20.1. The van der Waals surface area contributed by atoms with Crippen molar-refractivity contribution >= 4 is 11.7 Å². The largest absolute Gasteiger partial charge is 0.322 e. The summed E-state index contributed by atoms with van der Waals surface area (Å²) >= 11 is 0. The van der Waals surface area contributed by atoms with Gasteiger partial charge in [0.15, 0.2) is 5.82 Å². The molecule has 1 aliphatic rings. The summed E-state index contributed by atoms with van der Waals surface area (Å²) in [5, 5.41) is 2.78. The molecule has 1 aromatic heterocycles. The number of aryl methyl sites for hydroxylation is 1. The van der Waals surface area contributed by atoms with Crippen molar-refractivity contribution in [3.63, 3.8) is 0 Å². The molecule has 0 atom stereocenters. The van der Waals surface area contributed by atoms with Crippen LogP contribution >= 0.6 is 0 Å². The van der Waals surface area contributed by atoms with Crippen molar-refractivity contribution in [2.45, 2.75) is 32.7 Å². The molecule has 0 spiro atoms. The molecule has 0 aliphatic carbocycles. The number of hydrogen-bond donors (Lipinski definition) is 1. The van der Waals surface area contributed by atoms with Crippen molar-refractivity contribution in [1.82, 2.24) is 14.9 Å². The molecule has 2 amide bonds. The normalized spacial score (nSPS) is 13.3. The minimum Gasteiger partial charge on any atom is -0.320 e. The smallest absolute Gasteiger partial charge is 0.320 e. The number of carbonyl (C=O) groups is 1. The van der Waals surface area contributed by atoms with Gasteiger partial charge in [0.25, 0.3) is 5.92 Å². The third-order valence-electron chi connectivity index (χ3n) is 6.40. The number of benzene rings is 3. The van der Waals surface area contributed by atoms with Crippen LogP contribution in [-0.2, 0) is 18.9 Å². The maximum absolute atomic E-state index is 13.7. The van der Waals surface area contributed by atoms with Crippen LogP contribution in [-0.4, -0.2) is 27.4 Å². The Balaban J connectivity index is 1.48. The molecule has 0 saturated heterocycles. The van der Waals surface area contributed by atoms with Crippen molar-refractivity contribution in [1.29, 1.82) is 0 Å². The van der Waals surface area contributed by atoms with Crippen molar-refractivity contribution in [3.05, 3.63) is 101 Å². The van der Waals surface area contributed by atoms with Crippen LogP contribution in [0, 0.1) is 6.92 Å². The van der Waals surface area contributed by atoms with Gasteiger partial charge in [0.2, 0.25) is 0 Å². The average molecular weight is 485 g/mol. The third kappa shape index (κ3) is 4.82. The number of carbonyl (C=O) groups excluding carboxylic acids is 1. The number of urea groups is 1. The van der Waals surface area contributed by atoms with E-state index in [0.717, 1.165) is 40.6 Å². The molecular weight excluding hydrogens is 458 g/mol. The van der Waals surface area contributed by atoms with Crippen LogP contribution in [0.4, 0.5) is 19.3 Å². The Morgan fingerprint density at radius 2 is 1.72 bits per heavy atom. The first kappa shape index (κ1) is 23.6. The number of hydrogen-bond acceptors (Lipinski definition) is 3. The van der Waals surface area contributed by atoms with Gasteiger partial charge in [-0.05, 0) is 24.6 Å². The average Bonchev–Trinajstić information content (AvgIpc) is 2.88. The van der Waals surface area contributed by atoms with E-state index in [4.69, 9.17) is 9.97 Å². The number of fused-ring (bicyclic) bond motifs is 1. The third-order valence-corrected chi connectivity index (χ3v) is 6.40. The SMILES string of the molecule is Cc1ccccc1-c1nc(-c2ccccc2)nc2c1CN(C(=O)Nc1cccc(C(C)(F)F)c1)CC2. The van der Waals surface area contributed by atoms with E-state index < -0.39 is 5.92 Å². The van der Waals surface area contributed by atoms with Gasteiger partial charge < -0.3 is 10.2 Å². The fraction of sp³-hybridized carbons (Fsp3) is 0.207. The molecular formula is C29H26F2N4O. The summed E-state index contributed by atoms with van der Waals surface area (Å²) in [7, 11) is 0. The Morgan fingerprint density at radius 1 is 0.972 bits per heavy atom. The fourth-order valence-corrected chi connectivity index (χ4v) is 4.44. The van der Waals surface area contributed by atoms with Crippen LogP contribution in [0.15, 0.2) is 78.9 Å². The van der Waals surface area contributed by atoms with Crippen LogP contribution < -0.4 is 5.32 Å². The number of rotatable bonds is 4. The van der Waals surface area contributed by atoms with Crippen LogP contribution in [0.2, 0.25) is 0 Å². The van der Waals surface area contributed by atoms with E-state index in [0.29, 0.717) is 31.0 Å². The molecule has 0 bridgehead atoms. The molecule has 182 valence electrons. The molecule has 36 heavy (non-hydrogen) atoms. The first-order valence-corrected chi connectivity index (χ1v) is 11.8. The second-order valence-electron chi connectivity index (χ2n) is 9.07. The number of nitrogens with one attached hydrogen (secondary N) is 1. The summed E-state index contributed by atoms with van der Waals surface area (Å²) in [6.07, 6.45) is 0.567. The summed E-state index contributed by atoms with van der Waals surface area (Å²) in [6, 6.07) is 23.3. The summed E-state index contributed by atoms with van der Waals surface area (Å²) in [4.78, 5) is 24.6. The number of nitrogens with zero attached hydrogens (tertiary/aromatic N) is 3. The van der Waals surface area contributed by atoms with Gasteiger partial charge in [0.1, 0.15) is 0 Å². The number of amides is 2. The first-order chi connectivity index (χ1) is 17.3. The van der Waals surface area contributed by atoms with Gasteiger partial charge in [-0.2, -0.15) is 0 Å². The Morgan fingerprint density at radius 3 is 2.47 bits per heavy atom. The Labute approximate surface area is 208 Å². The lowest BCUT2D eigenvalue weighted by atomic mass is 9.96. The molecule has 5 rings (SSSR count). The van der Waals surface area contributed by atoms with E-state index in [1.54, 1.807) is 11.0 Å². The zero-order valence-electron chi connectivity index (χ0n) is 20.1. The van der Waals surface area contributed by atoms with Crippen molar-refractivity contribution in [3.8, 4) is 22.6 Å². The molecule has 1 aliphatic heterocycles. The quantitative estimate of drug-likeness (QED) is 0.346. The van der Waals surface area contributed by atoms with Gasteiger partial charge in [-0.1, -0.05) is 66.7 Å². The molecule has 1 N–H and O–H groups in total. The van der Waals surface area contributed by atoms with E-state index in [-0.39, 0.29) is 11.6 Å². The monoisotopic (exact) mass is 484 g/mol. The Hall–Kier alpha value is -4.13. The predicted molar refractivity (Wildman–Crippen MR) is 137 cm³/mol. The second kappa shape index (κ2) is 9.49. The van der Waals surface area contributed by atoms with E-state index in [1.165, 1.54) is 18.2 Å². The summed E-state index contributed by atoms with van der Waals surface area (Å²) in [5.74, 6) is -2.33. The van der Waals surface area contributed by atoms with Gasteiger partial charge in [-0.3, -0.25) is 0 Å². The number of halogens is 2. The lowest BCUT2D eigenvalue weighted by molar-refractivity contribution is 0.0175. The lowest BCUT2D eigenvalue weighted by Crippen LogP contribution is -2.39. The highest BCUT2D eigenvalue weighted by atomic mass is 19.3. The summed E-state index contributed by atoms with van der Waals surface area (Å²) in [5.41, 5.74) is 5.82. The predicted octanol–water partition coefficient (Wildman–Crippen LogP) is 6.82. The molecule has 0 saturated carbocycles. The maximum Gasteiger partial charge on any atom is 0.322 e. The highest BCUT2D eigenvalue weighted by Crippen LogP contribution is 2.33. The molecule has 3 aromatic carbocycles. The first-order valence-electron chi connectivity index (χ1n) is 11.8. The zero-order chi connectivity index (χ0) is 25.3. The van der Waals surface area contributed by atoms with Gasteiger partial charge in [0, 0.05) is 47.8 Å². The van der Waals surface area contributed by atoms with Gasteiger partial charge >= 0.3 is 6.03 Å². The van der Waals surface area contributed by atoms with Crippen LogP contribution in [0.3, 0.4) is 0 Å². The van der Waals surface area contributed by atoms with E-state index in [9.17, 15) is 13.6 Å². The topological polar surface area (TPSA) is 58.1 Å². The van der Waals surface area contributed by atoms with E-state index >= 15 is 0 Å². The maximum atomic E-state index is 13.7. The van der Waals surface area contributed by atoms with Gasteiger partial charge in [-0.15, -0.1) is 0 Å². The van der Waals surface area contributed by atoms with Crippen LogP contribution in [0.25, 0.3) is 22.6 Å². The van der Waals surface area contributed by atoms with Crippen molar-refractivity contribution in [2.75, 3.05) is 11.9 Å². The molecule has 5 nitrogen and oxygen atoms in total. The molecule has 4 aromatic rings. The Kier molecular flexibility index (Phi) is 6.22. The Bertz CT molecular complexity index is 1420. The van der Waals surface area contributed by atoms with Crippen LogP contribution in [0.5, 0.6) is 0 Å². The number of alkyl halides is 2. The van der Waals surface area contributed by atoms with Gasteiger partial charge in [0.05, 0.1) is 17.9 Å². The highest BCUT2D eigenvalue weighted by molar-refractivity contribution is 5.89. The number of aromatic nitrogens is 2. The van der Waals surface area contributed by atoms with Crippen LogP contribution in [0.1, 0.15) is 29.3 Å². The second-order valence-corrected chi connectivity index (χ2v) is 9.07. The lowest BCUT2D eigenvalue weighted by Gasteiger charge is -2.30. The molecule has 0 unspecified atom stereocenters. The van der Waals surface area contributed by atoms with Crippen molar-refractivity contribution in [2.24, 2.45) is 0 Å². The molecule has 0 fully saturated rings.